The molecule has 35 heavy (non-hydrogen) atoms. The number of hydrogen-bond acceptors (Lipinski definition) is 6. The van der Waals surface area contributed by atoms with Gasteiger partial charge in [-0.3, -0.25) is 4.79 Å². The number of carbonyl (C=O) groups is 1. The minimum atomic E-state index is -4.75. The average Bonchev–Trinajstić information content (AvgIpc) is 2.83. The van der Waals surface area contributed by atoms with Crippen molar-refractivity contribution in [2.24, 2.45) is 0 Å². The Morgan fingerprint density at radius 1 is 1.11 bits per heavy atom. The summed E-state index contributed by atoms with van der Waals surface area (Å²) in [6, 6.07) is 16.3. The molecule has 1 aromatic heterocycles. The van der Waals surface area contributed by atoms with Crippen molar-refractivity contribution in [1.29, 1.82) is 5.26 Å². The summed E-state index contributed by atoms with van der Waals surface area (Å²) in [7, 11) is 0. The Hall–Kier alpha value is -3.97. The number of hydrogen-bond donors (Lipinski definition) is 2. The standard InChI is InChI=1S/C25H22F3N5O2/c26-25(27,28)24-31-20(19-7-5-18(15-34)6-8-19)13-22(32-24)33-12-10-21(33)23(35)30-11-9-16-1-3-17(14-29)4-2-16/h1-8,13,21,34H,9-12,15H2,(H,30,35)/t21-/m0/s1. The molecule has 1 amide bonds. The number of nitriles is 1. The van der Waals surface area contributed by atoms with E-state index in [-0.39, 0.29) is 24.0 Å². The Morgan fingerprint density at radius 3 is 2.37 bits per heavy atom. The first kappa shape index (κ1) is 24.2. The second kappa shape index (κ2) is 10.1. The SMILES string of the molecule is N#Cc1ccc(CCNC(=O)[C@@H]2CCN2c2cc(-c3ccc(CO)cc3)nc(C(F)(F)F)n2)cc1. The van der Waals surface area contributed by atoms with Crippen LogP contribution in [-0.2, 0) is 24.0 Å². The van der Waals surface area contributed by atoms with Gasteiger partial charge in [0.15, 0.2) is 0 Å². The second-order valence-electron chi connectivity index (χ2n) is 8.14. The number of anilines is 1. The molecule has 2 N–H and O–H groups in total. The van der Waals surface area contributed by atoms with Crippen molar-refractivity contribution < 1.29 is 23.1 Å². The van der Waals surface area contributed by atoms with Gasteiger partial charge >= 0.3 is 6.18 Å². The van der Waals surface area contributed by atoms with Gasteiger partial charge in [0.25, 0.3) is 0 Å². The molecule has 0 radical (unpaired) electrons. The normalized spacial score (nSPS) is 15.3. The number of rotatable bonds is 7. The van der Waals surface area contributed by atoms with Gasteiger partial charge < -0.3 is 15.3 Å². The zero-order valence-electron chi connectivity index (χ0n) is 18.6. The van der Waals surface area contributed by atoms with Crippen molar-refractivity contribution in [3.05, 3.63) is 77.1 Å². The molecule has 1 saturated heterocycles. The van der Waals surface area contributed by atoms with E-state index in [4.69, 9.17) is 5.26 Å². The number of aliphatic hydroxyl groups excluding tert-OH is 1. The van der Waals surface area contributed by atoms with Crippen LogP contribution in [0.25, 0.3) is 11.3 Å². The van der Waals surface area contributed by atoms with Crippen LogP contribution in [0.4, 0.5) is 19.0 Å². The van der Waals surface area contributed by atoms with Crippen LogP contribution in [0.15, 0.2) is 54.6 Å². The van der Waals surface area contributed by atoms with Gasteiger partial charge in [0.1, 0.15) is 11.9 Å². The molecule has 180 valence electrons. The molecule has 2 heterocycles. The molecule has 7 nitrogen and oxygen atoms in total. The van der Waals surface area contributed by atoms with Gasteiger partial charge in [-0.15, -0.1) is 0 Å². The minimum Gasteiger partial charge on any atom is -0.392 e. The monoisotopic (exact) mass is 481 g/mol. The Kier molecular flexibility index (Phi) is 6.98. The van der Waals surface area contributed by atoms with Crippen LogP contribution >= 0.6 is 0 Å². The zero-order chi connectivity index (χ0) is 25.0. The highest BCUT2D eigenvalue weighted by Gasteiger charge is 2.39. The van der Waals surface area contributed by atoms with Crippen LogP contribution < -0.4 is 10.2 Å². The molecule has 0 spiro atoms. The van der Waals surface area contributed by atoms with Gasteiger partial charge in [0.05, 0.1) is 23.9 Å². The topological polar surface area (TPSA) is 102 Å². The van der Waals surface area contributed by atoms with Crippen molar-refractivity contribution in [1.82, 2.24) is 15.3 Å². The number of carbonyl (C=O) groups excluding carboxylic acids is 1. The quantitative estimate of drug-likeness (QED) is 0.536. The fraction of sp³-hybridized carbons (Fsp3) is 0.280. The van der Waals surface area contributed by atoms with Crippen LogP contribution in [0.5, 0.6) is 0 Å². The van der Waals surface area contributed by atoms with E-state index in [1.807, 2.05) is 18.2 Å². The number of alkyl halides is 3. The van der Waals surface area contributed by atoms with Crippen molar-refractivity contribution in [2.75, 3.05) is 18.0 Å². The van der Waals surface area contributed by atoms with E-state index in [1.165, 1.54) is 6.07 Å². The lowest BCUT2D eigenvalue weighted by Crippen LogP contribution is -2.57. The van der Waals surface area contributed by atoms with Crippen LogP contribution in [0, 0.1) is 11.3 Å². The van der Waals surface area contributed by atoms with Crippen LogP contribution in [-0.4, -0.2) is 40.1 Å². The molecular weight excluding hydrogens is 459 g/mol. The molecule has 4 rings (SSSR count). The summed E-state index contributed by atoms with van der Waals surface area (Å²) in [4.78, 5) is 21.7. The Labute approximate surface area is 199 Å². The summed E-state index contributed by atoms with van der Waals surface area (Å²) in [6.07, 6.45) is -3.70. The van der Waals surface area contributed by atoms with E-state index >= 15 is 0 Å². The molecule has 2 aromatic carbocycles. The van der Waals surface area contributed by atoms with Crippen LogP contribution in [0.3, 0.4) is 0 Å². The number of aromatic nitrogens is 2. The van der Waals surface area contributed by atoms with Crippen molar-refractivity contribution in [3.8, 4) is 17.3 Å². The number of benzene rings is 2. The minimum absolute atomic E-state index is 0.0343. The molecule has 0 aliphatic carbocycles. The Balaban J connectivity index is 1.48. The summed E-state index contributed by atoms with van der Waals surface area (Å²) in [5.74, 6) is -1.53. The van der Waals surface area contributed by atoms with Gasteiger partial charge in [-0.05, 0) is 36.1 Å². The summed E-state index contributed by atoms with van der Waals surface area (Å²) in [6.45, 7) is 0.568. The molecule has 1 fully saturated rings. The maximum Gasteiger partial charge on any atom is 0.451 e. The van der Waals surface area contributed by atoms with Crippen LogP contribution in [0.2, 0.25) is 0 Å². The maximum absolute atomic E-state index is 13.5. The van der Waals surface area contributed by atoms with Crippen LogP contribution in [0.1, 0.15) is 28.9 Å². The van der Waals surface area contributed by atoms with Gasteiger partial charge in [-0.1, -0.05) is 36.4 Å². The average molecular weight is 481 g/mol. The highest BCUT2D eigenvalue weighted by atomic mass is 19.4. The molecule has 10 heteroatoms. The van der Waals surface area contributed by atoms with E-state index < -0.39 is 18.0 Å². The van der Waals surface area contributed by atoms with Crippen molar-refractivity contribution in [2.45, 2.75) is 31.7 Å². The number of amides is 1. The predicted octanol–water partition coefficient (Wildman–Crippen LogP) is 3.46. The third kappa shape index (κ3) is 5.58. The Bertz CT molecular complexity index is 1240. The van der Waals surface area contributed by atoms with Gasteiger partial charge in [-0.25, -0.2) is 9.97 Å². The molecule has 1 aliphatic rings. The second-order valence-corrected chi connectivity index (χ2v) is 8.14. The van der Waals surface area contributed by atoms with Crippen molar-refractivity contribution >= 4 is 11.7 Å². The lowest BCUT2D eigenvalue weighted by molar-refractivity contribution is -0.144. The summed E-state index contributed by atoms with van der Waals surface area (Å²) < 4.78 is 40.6. The third-order valence-corrected chi connectivity index (χ3v) is 5.81. The Morgan fingerprint density at radius 2 is 1.80 bits per heavy atom. The number of nitrogens with zero attached hydrogens (tertiary/aromatic N) is 4. The van der Waals surface area contributed by atoms with Gasteiger partial charge in [-0.2, -0.15) is 18.4 Å². The molecular formula is C25H22F3N5O2. The maximum atomic E-state index is 13.5. The molecule has 3 aromatic rings. The number of aliphatic hydroxyl groups is 1. The number of nitrogens with one attached hydrogen (secondary N) is 1. The predicted molar refractivity (Wildman–Crippen MR) is 122 cm³/mol. The molecule has 1 atom stereocenters. The fourth-order valence-electron chi connectivity index (χ4n) is 3.77. The van der Waals surface area contributed by atoms with E-state index in [0.29, 0.717) is 42.6 Å². The third-order valence-electron chi connectivity index (χ3n) is 5.81. The molecule has 0 saturated carbocycles. The number of halogens is 3. The van der Waals surface area contributed by atoms with E-state index in [0.717, 1.165) is 5.56 Å². The summed E-state index contributed by atoms with van der Waals surface area (Å²) in [5.41, 5.74) is 2.66. The highest BCUT2D eigenvalue weighted by Crippen LogP contribution is 2.33. The molecule has 0 bridgehead atoms. The summed E-state index contributed by atoms with van der Waals surface area (Å²) in [5, 5.41) is 20.9. The first-order valence-electron chi connectivity index (χ1n) is 11.0. The van der Waals surface area contributed by atoms with E-state index in [1.54, 1.807) is 41.3 Å². The molecule has 0 unspecified atom stereocenters. The van der Waals surface area contributed by atoms with E-state index in [2.05, 4.69) is 15.3 Å². The fourth-order valence-corrected chi connectivity index (χ4v) is 3.77. The van der Waals surface area contributed by atoms with E-state index in [9.17, 15) is 23.1 Å². The largest absolute Gasteiger partial charge is 0.451 e. The lowest BCUT2D eigenvalue weighted by atomic mass is 10.0. The molecule has 1 aliphatic heterocycles. The lowest BCUT2D eigenvalue weighted by Gasteiger charge is -2.40. The highest BCUT2D eigenvalue weighted by molar-refractivity contribution is 5.87. The zero-order valence-corrected chi connectivity index (χ0v) is 18.6. The smallest absolute Gasteiger partial charge is 0.392 e. The summed E-state index contributed by atoms with van der Waals surface area (Å²) >= 11 is 0. The van der Waals surface area contributed by atoms with Gasteiger partial charge in [0.2, 0.25) is 11.7 Å². The first-order chi connectivity index (χ1) is 16.8. The van der Waals surface area contributed by atoms with Crippen molar-refractivity contribution in [3.63, 3.8) is 0 Å². The first-order valence-corrected chi connectivity index (χ1v) is 11.0. The van der Waals surface area contributed by atoms with Gasteiger partial charge in [0, 0.05) is 24.7 Å².